The van der Waals surface area contributed by atoms with Crippen LogP contribution in [-0.4, -0.2) is 30.6 Å². The van der Waals surface area contributed by atoms with Gasteiger partial charge in [-0.15, -0.1) is 0 Å². The van der Waals surface area contributed by atoms with Crippen molar-refractivity contribution in [1.82, 2.24) is 16.0 Å². The van der Waals surface area contributed by atoms with Gasteiger partial charge in [-0.05, 0) is 13.8 Å². The lowest BCUT2D eigenvalue weighted by Gasteiger charge is -2.13. The highest BCUT2D eigenvalue weighted by atomic mass is 16.2. The zero-order valence-electron chi connectivity index (χ0n) is 7.89. The first kappa shape index (κ1) is 9.83. The third kappa shape index (κ3) is 3.31. The van der Waals surface area contributed by atoms with Crippen LogP contribution in [0.3, 0.4) is 0 Å². The molecule has 13 heavy (non-hydrogen) atoms. The summed E-state index contributed by atoms with van der Waals surface area (Å²) in [6.45, 7) is 4.31. The predicted octanol–water partition coefficient (Wildman–Crippen LogP) is -0.417. The van der Waals surface area contributed by atoms with Gasteiger partial charge in [0, 0.05) is 19.0 Å². The van der Waals surface area contributed by atoms with Gasteiger partial charge in [0.05, 0.1) is 6.04 Å². The molecule has 5 heteroatoms. The fraction of sp³-hybridized carbons (Fsp3) is 0.750. The maximum Gasteiger partial charge on any atom is 0.315 e. The van der Waals surface area contributed by atoms with E-state index in [1.165, 1.54) is 0 Å². The Morgan fingerprint density at radius 3 is 2.77 bits per heavy atom. The van der Waals surface area contributed by atoms with Gasteiger partial charge in [0.1, 0.15) is 0 Å². The first-order valence-corrected chi connectivity index (χ1v) is 4.41. The Hall–Kier alpha value is -1.26. The smallest absolute Gasteiger partial charge is 0.315 e. The number of hydrogen-bond acceptors (Lipinski definition) is 2. The van der Waals surface area contributed by atoms with Gasteiger partial charge in [-0.2, -0.15) is 0 Å². The summed E-state index contributed by atoms with van der Waals surface area (Å²) in [6, 6.07) is -0.159. The van der Waals surface area contributed by atoms with Gasteiger partial charge < -0.3 is 16.0 Å². The van der Waals surface area contributed by atoms with E-state index in [0.717, 1.165) is 0 Å². The molecule has 1 unspecified atom stereocenters. The second-order valence-corrected chi connectivity index (χ2v) is 3.48. The molecule has 1 rings (SSSR count). The average molecular weight is 185 g/mol. The van der Waals surface area contributed by atoms with Gasteiger partial charge >= 0.3 is 6.03 Å². The standard InChI is InChI=1S/C8H15N3O2/c1-5(2)10-8(13)11-6-3-7(12)9-4-6/h5-6H,3-4H2,1-2H3,(H,9,12)(H2,10,11,13). The molecule has 0 saturated carbocycles. The summed E-state index contributed by atoms with van der Waals surface area (Å²) in [5.74, 6) is -0.00477. The van der Waals surface area contributed by atoms with Gasteiger partial charge in [0.25, 0.3) is 0 Å². The molecular formula is C8H15N3O2. The van der Waals surface area contributed by atoms with Crippen LogP contribution < -0.4 is 16.0 Å². The van der Waals surface area contributed by atoms with Crippen LogP contribution in [0.15, 0.2) is 0 Å². The molecule has 0 spiro atoms. The Kier molecular flexibility index (Phi) is 3.11. The first-order chi connectivity index (χ1) is 6.08. The maximum atomic E-state index is 11.2. The Morgan fingerprint density at radius 1 is 1.62 bits per heavy atom. The molecule has 5 nitrogen and oxygen atoms in total. The first-order valence-electron chi connectivity index (χ1n) is 4.41. The van der Waals surface area contributed by atoms with Gasteiger partial charge in [-0.3, -0.25) is 4.79 Å². The number of urea groups is 1. The molecule has 1 atom stereocenters. The highest BCUT2D eigenvalue weighted by Crippen LogP contribution is 1.98. The molecule has 74 valence electrons. The summed E-state index contributed by atoms with van der Waals surface area (Å²) in [7, 11) is 0. The number of amides is 3. The average Bonchev–Trinajstić information content (AvgIpc) is 2.33. The Bertz CT molecular complexity index is 215. The molecule has 0 aromatic rings. The lowest BCUT2D eigenvalue weighted by Crippen LogP contribution is -2.45. The minimum absolute atomic E-state index is 0.00477. The SMILES string of the molecule is CC(C)NC(=O)NC1CNC(=O)C1. The Labute approximate surface area is 77.3 Å². The fourth-order valence-electron chi connectivity index (χ4n) is 1.20. The topological polar surface area (TPSA) is 70.2 Å². The van der Waals surface area contributed by atoms with E-state index in [2.05, 4.69) is 16.0 Å². The summed E-state index contributed by atoms with van der Waals surface area (Å²) in [6.07, 6.45) is 0.380. The van der Waals surface area contributed by atoms with Crippen molar-refractivity contribution in [2.45, 2.75) is 32.4 Å². The van der Waals surface area contributed by atoms with Crippen LogP contribution in [0, 0.1) is 0 Å². The van der Waals surface area contributed by atoms with Gasteiger partial charge in [-0.25, -0.2) is 4.79 Å². The van der Waals surface area contributed by atoms with Crippen LogP contribution in [0.1, 0.15) is 20.3 Å². The van der Waals surface area contributed by atoms with Crippen LogP contribution in [0.5, 0.6) is 0 Å². The Morgan fingerprint density at radius 2 is 2.31 bits per heavy atom. The van der Waals surface area contributed by atoms with Crippen molar-refractivity contribution in [1.29, 1.82) is 0 Å². The molecule has 1 heterocycles. The van der Waals surface area contributed by atoms with Crippen molar-refractivity contribution < 1.29 is 9.59 Å². The van der Waals surface area contributed by atoms with Crippen molar-refractivity contribution in [2.75, 3.05) is 6.54 Å². The molecule has 1 aliphatic heterocycles. The number of nitrogens with one attached hydrogen (secondary N) is 3. The minimum Gasteiger partial charge on any atom is -0.354 e. The van der Waals surface area contributed by atoms with Crippen molar-refractivity contribution in [3.8, 4) is 0 Å². The summed E-state index contributed by atoms with van der Waals surface area (Å²) < 4.78 is 0. The van der Waals surface area contributed by atoms with E-state index in [9.17, 15) is 9.59 Å². The van der Waals surface area contributed by atoms with Crippen LogP contribution in [0.4, 0.5) is 4.79 Å². The summed E-state index contributed by atoms with van der Waals surface area (Å²) in [5, 5.41) is 8.05. The molecule has 1 aliphatic rings. The number of rotatable bonds is 2. The molecular weight excluding hydrogens is 170 g/mol. The molecule has 1 saturated heterocycles. The fourth-order valence-corrected chi connectivity index (χ4v) is 1.20. The summed E-state index contributed by atoms with van der Waals surface area (Å²) >= 11 is 0. The molecule has 3 amide bonds. The second-order valence-electron chi connectivity index (χ2n) is 3.48. The van der Waals surface area contributed by atoms with Crippen LogP contribution >= 0.6 is 0 Å². The largest absolute Gasteiger partial charge is 0.354 e. The van der Waals surface area contributed by atoms with Gasteiger partial charge in [-0.1, -0.05) is 0 Å². The third-order valence-corrected chi connectivity index (χ3v) is 1.73. The monoisotopic (exact) mass is 185 g/mol. The van der Waals surface area contributed by atoms with E-state index in [4.69, 9.17) is 0 Å². The van der Waals surface area contributed by atoms with E-state index in [1.54, 1.807) is 0 Å². The highest BCUT2D eigenvalue weighted by Gasteiger charge is 2.22. The zero-order valence-corrected chi connectivity index (χ0v) is 7.89. The maximum absolute atomic E-state index is 11.2. The van der Waals surface area contributed by atoms with Crippen LogP contribution in [0.2, 0.25) is 0 Å². The molecule has 0 aromatic carbocycles. The number of carbonyl (C=O) groups excluding carboxylic acids is 2. The van der Waals surface area contributed by atoms with Gasteiger partial charge in [0.2, 0.25) is 5.91 Å². The van der Waals surface area contributed by atoms with E-state index < -0.39 is 0 Å². The van der Waals surface area contributed by atoms with E-state index in [1.807, 2.05) is 13.8 Å². The lowest BCUT2D eigenvalue weighted by atomic mass is 10.2. The quantitative estimate of drug-likeness (QED) is 0.547. The molecule has 0 radical (unpaired) electrons. The van der Waals surface area contributed by atoms with E-state index >= 15 is 0 Å². The number of carbonyl (C=O) groups is 2. The van der Waals surface area contributed by atoms with Gasteiger partial charge in [0.15, 0.2) is 0 Å². The molecule has 0 aliphatic carbocycles. The minimum atomic E-state index is -0.212. The van der Waals surface area contributed by atoms with Crippen LogP contribution in [0.25, 0.3) is 0 Å². The predicted molar refractivity (Wildman–Crippen MR) is 48.2 cm³/mol. The summed E-state index contributed by atoms with van der Waals surface area (Å²) in [5.41, 5.74) is 0. The summed E-state index contributed by atoms with van der Waals surface area (Å²) in [4.78, 5) is 21.9. The van der Waals surface area contributed by atoms with Crippen molar-refractivity contribution in [3.63, 3.8) is 0 Å². The van der Waals surface area contributed by atoms with Crippen molar-refractivity contribution in [2.24, 2.45) is 0 Å². The van der Waals surface area contributed by atoms with Crippen LogP contribution in [-0.2, 0) is 4.79 Å². The van der Waals surface area contributed by atoms with Crippen molar-refractivity contribution in [3.05, 3.63) is 0 Å². The zero-order chi connectivity index (χ0) is 9.84. The van der Waals surface area contributed by atoms with Crippen molar-refractivity contribution >= 4 is 11.9 Å². The number of hydrogen-bond donors (Lipinski definition) is 3. The Balaban J connectivity index is 2.24. The lowest BCUT2D eigenvalue weighted by molar-refractivity contribution is -0.119. The van der Waals surface area contributed by atoms with E-state index in [0.29, 0.717) is 13.0 Å². The molecule has 3 N–H and O–H groups in total. The highest BCUT2D eigenvalue weighted by molar-refractivity contribution is 5.81. The van der Waals surface area contributed by atoms with E-state index in [-0.39, 0.29) is 24.0 Å². The molecule has 1 fully saturated rings. The second kappa shape index (κ2) is 4.11. The normalized spacial score (nSPS) is 21.5. The molecule has 0 bridgehead atoms. The third-order valence-electron chi connectivity index (χ3n) is 1.73. The molecule has 0 aromatic heterocycles.